The fourth-order valence-corrected chi connectivity index (χ4v) is 2.54. The molecule has 0 saturated heterocycles. The summed E-state index contributed by atoms with van der Waals surface area (Å²) < 4.78 is 0. The maximum absolute atomic E-state index is 6.39. The Hall–Kier alpha value is -1.61. The largest absolute Gasteiger partial charge is 0.340 e. The second-order valence-electron chi connectivity index (χ2n) is 5.75. The summed E-state index contributed by atoms with van der Waals surface area (Å²) in [6.07, 6.45) is 5.39. The van der Waals surface area contributed by atoms with Crippen molar-refractivity contribution in [3.63, 3.8) is 0 Å². The normalized spacial score (nSPS) is 18.3. The molecule has 1 saturated carbocycles. The monoisotopic (exact) mass is 255 g/mol. The van der Waals surface area contributed by atoms with Crippen LogP contribution in [0.4, 0.5) is 0 Å². The van der Waals surface area contributed by atoms with Gasteiger partial charge in [-0.05, 0) is 43.2 Å². The molecule has 19 heavy (non-hydrogen) atoms. The molecule has 1 aromatic carbocycles. The van der Waals surface area contributed by atoms with Crippen molar-refractivity contribution >= 4 is 0 Å². The molecule has 1 atom stereocenters. The van der Waals surface area contributed by atoms with Gasteiger partial charge in [-0.3, -0.25) is 0 Å². The fraction of sp³-hybridized carbons (Fsp3) is 0.438. The van der Waals surface area contributed by atoms with Crippen LogP contribution in [0.5, 0.6) is 0 Å². The molecule has 3 N–H and O–H groups in total. The Morgan fingerprint density at radius 1 is 1.32 bits per heavy atom. The number of nitrogens with zero attached hydrogens (tertiary/aromatic N) is 1. The highest BCUT2D eigenvalue weighted by Gasteiger charge is 2.41. The third-order valence-corrected chi connectivity index (χ3v) is 4.18. The summed E-state index contributed by atoms with van der Waals surface area (Å²) in [5.74, 6) is 1.48. The van der Waals surface area contributed by atoms with Crippen molar-refractivity contribution in [2.45, 2.75) is 38.6 Å². The number of H-pyrrole nitrogens is 1. The average Bonchev–Trinajstić information content (AvgIpc) is 3.17. The Labute approximate surface area is 114 Å². The fourth-order valence-electron chi connectivity index (χ4n) is 2.54. The van der Waals surface area contributed by atoms with E-state index in [1.807, 2.05) is 6.20 Å². The van der Waals surface area contributed by atoms with E-state index < -0.39 is 0 Å². The van der Waals surface area contributed by atoms with Gasteiger partial charge < -0.3 is 10.7 Å². The maximum atomic E-state index is 6.39. The molecule has 0 spiro atoms. The van der Waals surface area contributed by atoms with Gasteiger partial charge in [0.25, 0.3) is 0 Å². The van der Waals surface area contributed by atoms with E-state index in [0.717, 1.165) is 17.9 Å². The van der Waals surface area contributed by atoms with Crippen LogP contribution in [-0.4, -0.2) is 9.97 Å². The zero-order valence-corrected chi connectivity index (χ0v) is 11.6. The summed E-state index contributed by atoms with van der Waals surface area (Å²) in [5, 5.41) is 0. The van der Waals surface area contributed by atoms with E-state index in [9.17, 15) is 0 Å². The molecular formula is C16H21N3. The lowest BCUT2D eigenvalue weighted by Crippen LogP contribution is -2.36. The highest BCUT2D eigenvalue weighted by atomic mass is 15.0. The van der Waals surface area contributed by atoms with Gasteiger partial charge in [0.05, 0.1) is 17.4 Å². The zero-order valence-electron chi connectivity index (χ0n) is 11.6. The number of aryl methyl sites for hydroxylation is 1. The maximum Gasteiger partial charge on any atom is 0.126 e. The summed E-state index contributed by atoms with van der Waals surface area (Å²) in [4.78, 5) is 7.88. The number of nitrogens with two attached hydrogens (primary N) is 1. The number of aromatic nitrogens is 2. The average molecular weight is 255 g/mol. The van der Waals surface area contributed by atoms with Crippen LogP contribution in [-0.2, 0) is 12.0 Å². The molecule has 1 fully saturated rings. The van der Waals surface area contributed by atoms with Gasteiger partial charge in [-0.15, -0.1) is 0 Å². The molecule has 0 aliphatic heterocycles. The molecule has 1 heterocycles. The van der Waals surface area contributed by atoms with Crippen molar-refractivity contribution in [2.24, 2.45) is 11.7 Å². The lowest BCUT2D eigenvalue weighted by molar-refractivity contribution is 0.404. The molecule has 1 unspecified atom stereocenters. The Morgan fingerprint density at radius 2 is 2.00 bits per heavy atom. The van der Waals surface area contributed by atoms with Gasteiger partial charge >= 0.3 is 0 Å². The topological polar surface area (TPSA) is 54.7 Å². The molecule has 3 rings (SSSR count). The molecule has 0 bridgehead atoms. The molecule has 2 aromatic rings. The second kappa shape index (κ2) is 4.49. The van der Waals surface area contributed by atoms with Crippen LogP contribution in [0.3, 0.4) is 0 Å². The van der Waals surface area contributed by atoms with Crippen molar-refractivity contribution in [3.05, 3.63) is 41.9 Å². The van der Waals surface area contributed by atoms with Gasteiger partial charge in [0.1, 0.15) is 5.82 Å². The number of imidazole rings is 1. The number of aromatic amines is 1. The number of rotatable bonds is 4. The summed E-state index contributed by atoms with van der Waals surface area (Å²) in [7, 11) is 0. The smallest absolute Gasteiger partial charge is 0.126 e. The minimum Gasteiger partial charge on any atom is -0.340 e. The van der Waals surface area contributed by atoms with Gasteiger partial charge in [-0.2, -0.15) is 0 Å². The van der Waals surface area contributed by atoms with Crippen LogP contribution in [0, 0.1) is 5.92 Å². The van der Waals surface area contributed by atoms with Gasteiger partial charge in [-0.1, -0.05) is 31.2 Å². The summed E-state index contributed by atoms with van der Waals surface area (Å²) in [6.45, 7) is 4.24. The van der Waals surface area contributed by atoms with Crippen molar-refractivity contribution in [3.8, 4) is 11.3 Å². The number of nitrogens with one attached hydrogen (secondary N) is 1. The van der Waals surface area contributed by atoms with E-state index in [-0.39, 0.29) is 5.54 Å². The molecule has 3 heteroatoms. The highest BCUT2D eigenvalue weighted by molar-refractivity contribution is 5.59. The lowest BCUT2D eigenvalue weighted by atomic mass is 9.97. The number of benzene rings is 1. The molecule has 1 aliphatic carbocycles. The van der Waals surface area contributed by atoms with Crippen LogP contribution in [0.25, 0.3) is 11.3 Å². The quantitative estimate of drug-likeness (QED) is 0.881. The Bertz CT molecular complexity index is 562. The van der Waals surface area contributed by atoms with Crippen LogP contribution in [0.2, 0.25) is 0 Å². The molecule has 0 amide bonds. The van der Waals surface area contributed by atoms with Crippen LogP contribution < -0.4 is 5.73 Å². The first-order valence-electron chi connectivity index (χ1n) is 7.05. The van der Waals surface area contributed by atoms with Crippen molar-refractivity contribution in [2.75, 3.05) is 0 Å². The van der Waals surface area contributed by atoms with Crippen LogP contribution in [0.1, 0.15) is 38.1 Å². The first-order valence-corrected chi connectivity index (χ1v) is 7.05. The number of hydrogen-bond donors (Lipinski definition) is 2. The van der Waals surface area contributed by atoms with E-state index in [2.05, 4.69) is 48.1 Å². The van der Waals surface area contributed by atoms with Crippen molar-refractivity contribution in [1.29, 1.82) is 0 Å². The Kier molecular flexibility index (Phi) is 2.94. The van der Waals surface area contributed by atoms with Crippen LogP contribution in [0.15, 0.2) is 30.5 Å². The van der Waals surface area contributed by atoms with Gasteiger partial charge in [-0.25, -0.2) is 4.98 Å². The van der Waals surface area contributed by atoms with E-state index in [1.165, 1.54) is 24.0 Å². The van der Waals surface area contributed by atoms with Gasteiger partial charge in [0.2, 0.25) is 0 Å². The summed E-state index contributed by atoms with van der Waals surface area (Å²) in [5.41, 5.74) is 9.64. The van der Waals surface area contributed by atoms with E-state index >= 15 is 0 Å². The number of hydrogen-bond acceptors (Lipinski definition) is 2. The minimum atomic E-state index is -0.318. The van der Waals surface area contributed by atoms with E-state index in [4.69, 9.17) is 5.73 Å². The lowest BCUT2D eigenvalue weighted by Gasteiger charge is -2.21. The molecule has 0 radical (unpaired) electrons. The zero-order chi connectivity index (χ0) is 13.5. The summed E-state index contributed by atoms with van der Waals surface area (Å²) >= 11 is 0. The highest BCUT2D eigenvalue weighted by Crippen LogP contribution is 2.43. The third kappa shape index (κ3) is 2.30. The van der Waals surface area contributed by atoms with Crippen LogP contribution >= 0.6 is 0 Å². The third-order valence-electron chi connectivity index (χ3n) is 4.18. The van der Waals surface area contributed by atoms with Gasteiger partial charge in [0, 0.05) is 0 Å². The van der Waals surface area contributed by atoms with Crippen molar-refractivity contribution < 1.29 is 0 Å². The first kappa shape index (κ1) is 12.4. The second-order valence-corrected chi connectivity index (χ2v) is 5.75. The van der Waals surface area contributed by atoms with E-state index in [0.29, 0.717) is 5.92 Å². The molecule has 1 aliphatic rings. The standard InChI is InChI=1S/C16H21N3/c1-3-11-4-6-12(7-5-11)14-10-18-15(19-14)16(2,17)13-8-9-13/h4-7,10,13H,3,8-9,17H2,1-2H3,(H,18,19). The first-order chi connectivity index (χ1) is 9.11. The van der Waals surface area contributed by atoms with Crippen molar-refractivity contribution in [1.82, 2.24) is 9.97 Å². The Morgan fingerprint density at radius 3 is 2.58 bits per heavy atom. The SMILES string of the molecule is CCc1ccc(-c2cnc(C(C)(N)C3CC3)[nH]2)cc1. The summed E-state index contributed by atoms with van der Waals surface area (Å²) in [6, 6.07) is 8.61. The molecule has 1 aromatic heterocycles. The molecule has 3 nitrogen and oxygen atoms in total. The predicted octanol–water partition coefficient (Wildman–Crippen LogP) is 3.22. The molecule has 100 valence electrons. The Balaban J connectivity index is 1.87. The van der Waals surface area contributed by atoms with E-state index in [1.54, 1.807) is 0 Å². The molecular weight excluding hydrogens is 234 g/mol. The van der Waals surface area contributed by atoms with Gasteiger partial charge in [0.15, 0.2) is 0 Å². The predicted molar refractivity (Wildman–Crippen MR) is 77.7 cm³/mol. The minimum absolute atomic E-state index is 0.318.